The van der Waals surface area contributed by atoms with E-state index in [2.05, 4.69) is 11.1 Å². The van der Waals surface area contributed by atoms with Gasteiger partial charge in [0.05, 0.1) is 16.0 Å². The molecule has 0 spiro atoms. The maximum Gasteiger partial charge on any atom is 0.232 e. The number of hydrogen-bond donors (Lipinski definition) is 0. The summed E-state index contributed by atoms with van der Waals surface area (Å²) in [5, 5.41) is 0. The summed E-state index contributed by atoms with van der Waals surface area (Å²) < 4.78 is 2.16. The zero-order chi connectivity index (χ0) is 13.2. The number of carbonyl (C=O) groups is 1. The maximum absolute atomic E-state index is 12.0. The van der Waals surface area contributed by atoms with Crippen LogP contribution in [-0.2, 0) is 4.79 Å². The summed E-state index contributed by atoms with van der Waals surface area (Å²) in [6.07, 6.45) is 2.56. The van der Waals surface area contributed by atoms with Gasteiger partial charge in [-0.2, -0.15) is 0 Å². The number of benzene rings is 1. The smallest absolute Gasteiger partial charge is 0.232 e. The normalized spacial score (nSPS) is 14.8. The first-order chi connectivity index (χ1) is 9.22. The molecule has 0 atom stereocenters. The third-order valence-corrected chi connectivity index (χ3v) is 5.41. The van der Waals surface area contributed by atoms with Gasteiger partial charge < -0.3 is 4.90 Å². The van der Waals surface area contributed by atoms with Crippen molar-refractivity contribution in [2.45, 2.75) is 17.2 Å². The van der Waals surface area contributed by atoms with Gasteiger partial charge in [0, 0.05) is 13.6 Å². The average molecular weight is 292 g/mol. The van der Waals surface area contributed by atoms with Crippen LogP contribution in [0.4, 0.5) is 0 Å². The van der Waals surface area contributed by atoms with E-state index in [-0.39, 0.29) is 5.91 Å². The number of para-hydroxylation sites is 1. The van der Waals surface area contributed by atoms with Crippen LogP contribution >= 0.6 is 23.1 Å². The van der Waals surface area contributed by atoms with Crippen molar-refractivity contribution in [1.82, 2.24) is 9.88 Å². The van der Waals surface area contributed by atoms with Gasteiger partial charge in [-0.3, -0.25) is 4.79 Å². The lowest BCUT2D eigenvalue weighted by atomic mass is 10.3. The summed E-state index contributed by atoms with van der Waals surface area (Å²) in [5.41, 5.74) is 1.02. The minimum atomic E-state index is 0.205. The molecule has 1 aromatic heterocycles. The predicted molar refractivity (Wildman–Crippen MR) is 80.7 cm³/mol. The summed E-state index contributed by atoms with van der Waals surface area (Å²) in [4.78, 5) is 18.4. The van der Waals surface area contributed by atoms with E-state index < -0.39 is 0 Å². The number of rotatable bonds is 5. The Kier molecular flexibility index (Phi) is 3.75. The van der Waals surface area contributed by atoms with Gasteiger partial charge in [-0.15, -0.1) is 11.3 Å². The highest BCUT2D eigenvalue weighted by Gasteiger charge is 2.24. The van der Waals surface area contributed by atoms with Crippen LogP contribution in [0.1, 0.15) is 12.8 Å². The second kappa shape index (κ2) is 5.51. The molecule has 19 heavy (non-hydrogen) atoms. The zero-order valence-electron chi connectivity index (χ0n) is 10.8. The minimum Gasteiger partial charge on any atom is -0.345 e. The second-order valence-electron chi connectivity index (χ2n) is 4.95. The lowest BCUT2D eigenvalue weighted by molar-refractivity contribution is -0.127. The third kappa shape index (κ3) is 3.28. The standard InChI is InChI=1S/C14H16N2OS2/c1-16(8-10-6-7-10)13(17)9-18-14-15-11-4-2-3-5-12(11)19-14/h2-5,10H,6-9H2,1H3. The number of thiazole rings is 1. The van der Waals surface area contributed by atoms with Crippen molar-refractivity contribution in [3.8, 4) is 0 Å². The molecule has 2 aromatic rings. The number of amides is 1. The van der Waals surface area contributed by atoms with Crippen LogP contribution in [0.15, 0.2) is 28.6 Å². The molecule has 1 saturated carbocycles. The van der Waals surface area contributed by atoms with E-state index in [0.29, 0.717) is 5.75 Å². The second-order valence-corrected chi connectivity index (χ2v) is 7.21. The van der Waals surface area contributed by atoms with Crippen LogP contribution in [0.3, 0.4) is 0 Å². The highest BCUT2D eigenvalue weighted by Crippen LogP contribution is 2.31. The van der Waals surface area contributed by atoms with Gasteiger partial charge in [-0.1, -0.05) is 23.9 Å². The first-order valence-corrected chi connectivity index (χ1v) is 8.25. The van der Waals surface area contributed by atoms with E-state index in [4.69, 9.17) is 0 Å². The molecule has 0 N–H and O–H groups in total. The van der Waals surface area contributed by atoms with Gasteiger partial charge in [0.1, 0.15) is 0 Å². The Bertz CT molecular complexity index is 559. The molecule has 1 aromatic carbocycles. The predicted octanol–water partition coefficient (Wildman–Crippen LogP) is 3.26. The van der Waals surface area contributed by atoms with Crippen LogP contribution in [0.2, 0.25) is 0 Å². The molecule has 100 valence electrons. The Balaban J connectivity index is 1.57. The Hall–Kier alpha value is -1.07. The van der Waals surface area contributed by atoms with Gasteiger partial charge in [0.25, 0.3) is 0 Å². The quantitative estimate of drug-likeness (QED) is 0.793. The summed E-state index contributed by atoms with van der Waals surface area (Å²) >= 11 is 3.20. The fourth-order valence-electron chi connectivity index (χ4n) is 1.94. The van der Waals surface area contributed by atoms with Crippen molar-refractivity contribution in [3.63, 3.8) is 0 Å². The van der Waals surface area contributed by atoms with E-state index in [9.17, 15) is 4.79 Å². The van der Waals surface area contributed by atoms with Crippen LogP contribution < -0.4 is 0 Å². The number of thioether (sulfide) groups is 1. The Morgan fingerprint density at radius 3 is 3.00 bits per heavy atom. The highest BCUT2D eigenvalue weighted by atomic mass is 32.2. The molecule has 1 aliphatic carbocycles. The van der Waals surface area contributed by atoms with Crippen LogP contribution in [0.5, 0.6) is 0 Å². The SMILES string of the molecule is CN(CC1CC1)C(=O)CSc1nc2ccccc2s1. The van der Waals surface area contributed by atoms with Crippen LogP contribution in [-0.4, -0.2) is 35.1 Å². The molecular formula is C14H16N2OS2. The molecule has 1 amide bonds. The molecule has 1 aliphatic rings. The van der Waals surface area contributed by atoms with E-state index in [1.807, 2.05) is 30.1 Å². The van der Waals surface area contributed by atoms with Crippen molar-refractivity contribution in [3.05, 3.63) is 24.3 Å². The fourth-order valence-corrected chi connectivity index (χ4v) is 3.95. The number of nitrogens with zero attached hydrogens (tertiary/aromatic N) is 2. The van der Waals surface area contributed by atoms with Crippen molar-refractivity contribution in [1.29, 1.82) is 0 Å². The van der Waals surface area contributed by atoms with E-state index >= 15 is 0 Å². The van der Waals surface area contributed by atoms with Crippen molar-refractivity contribution >= 4 is 39.2 Å². The van der Waals surface area contributed by atoms with E-state index in [1.165, 1.54) is 17.5 Å². The highest BCUT2D eigenvalue weighted by molar-refractivity contribution is 8.01. The summed E-state index contributed by atoms with van der Waals surface area (Å²) in [6, 6.07) is 8.09. The molecule has 0 aliphatic heterocycles. The number of aromatic nitrogens is 1. The van der Waals surface area contributed by atoms with Crippen molar-refractivity contribution in [2.75, 3.05) is 19.3 Å². The summed E-state index contributed by atoms with van der Waals surface area (Å²) in [6.45, 7) is 0.916. The van der Waals surface area contributed by atoms with Gasteiger partial charge >= 0.3 is 0 Å². The lowest BCUT2D eigenvalue weighted by Gasteiger charge is -2.15. The number of hydrogen-bond acceptors (Lipinski definition) is 4. The third-order valence-electron chi connectivity index (χ3n) is 3.25. The average Bonchev–Trinajstić information content (AvgIpc) is 3.12. The molecule has 3 rings (SSSR count). The fraction of sp³-hybridized carbons (Fsp3) is 0.429. The molecular weight excluding hydrogens is 276 g/mol. The lowest BCUT2D eigenvalue weighted by Crippen LogP contribution is -2.30. The molecule has 1 fully saturated rings. The first kappa shape index (κ1) is 12.9. The molecule has 0 bridgehead atoms. The summed E-state index contributed by atoms with van der Waals surface area (Å²) in [7, 11) is 1.90. The maximum atomic E-state index is 12.0. The molecule has 0 unspecified atom stereocenters. The Morgan fingerprint density at radius 1 is 1.47 bits per heavy atom. The Labute approximate surface area is 121 Å². The number of carbonyl (C=O) groups excluding carboxylic acids is 1. The zero-order valence-corrected chi connectivity index (χ0v) is 12.5. The van der Waals surface area contributed by atoms with Crippen LogP contribution in [0, 0.1) is 5.92 Å². The van der Waals surface area contributed by atoms with E-state index in [0.717, 1.165) is 22.3 Å². The Morgan fingerprint density at radius 2 is 2.26 bits per heavy atom. The number of fused-ring (bicyclic) bond motifs is 1. The van der Waals surface area contributed by atoms with Gasteiger partial charge in [-0.25, -0.2) is 4.98 Å². The largest absolute Gasteiger partial charge is 0.345 e. The molecule has 0 radical (unpaired) electrons. The van der Waals surface area contributed by atoms with Gasteiger partial charge in [0.2, 0.25) is 5.91 Å². The van der Waals surface area contributed by atoms with Gasteiger partial charge in [0.15, 0.2) is 4.34 Å². The molecule has 0 saturated heterocycles. The van der Waals surface area contributed by atoms with Crippen LogP contribution in [0.25, 0.3) is 10.2 Å². The summed E-state index contributed by atoms with van der Waals surface area (Å²) in [5.74, 6) is 1.45. The monoisotopic (exact) mass is 292 g/mol. The van der Waals surface area contributed by atoms with Crippen molar-refractivity contribution in [2.24, 2.45) is 5.92 Å². The first-order valence-electron chi connectivity index (χ1n) is 6.45. The minimum absolute atomic E-state index is 0.205. The molecule has 3 nitrogen and oxygen atoms in total. The van der Waals surface area contributed by atoms with Gasteiger partial charge in [-0.05, 0) is 30.9 Å². The van der Waals surface area contributed by atoms with E-state index in [1.54, 1.807) is 23.1 Å². The molecule has 1 heterocycles. The van der Waals surface area contributed by atoms with Crippen molar-refractivity contribution < 1.29 is 4.79 Å². The topological polar surface area (TPSA) is 33.2 Å². The molecule has 5 heteroatoms.